The van der Waals surface area contributed by atoms with Crippen molar-refractivity contribution in [2.75, 3.05) is 6.26 Å². The molecule has 3 heteroatoms. The SMILES string of the molecule is C#CC#CC1(OS(C)=O)CCCC1. The molecule has 1 fully saturated rings. The fourth-order valence-electron chi connectivity index (χ4n) is 1.55. The molecule has 0 N–H and O–H groups in total. The van der Waals surface area contributed by atoms with Gasteiger partial charge in [0, 0.05) is 6.26 Å². The second kappa shape index (κ2) is 4.46. The lowest BCUT2D eigenvalue weighted by molar-refractivity contribution is 0.161. The Hall–Kier alpha value is -0.770. The largest absolute Gasteiger partial charge is 0.271 e. The smallest absolute Gasteiger partial charge is 0.153 e. The highest BCUT2D eigenvalue weighted by Crippen LogP contribution is 2.33. The average molecular weight is 196 g/mol. The zero-order valence-corrected chi connectivity index (χ0v) is 8.45. The second-order valence-corrected chi connectivity index (χ2v) is 4.05. The summed E-state index contributed by atoms with van der Waals surface area (Å²) in [6, 6.07) is 0. The van der Waals surface area contributed by atoms with Crippen LogP contribution < -0.4 is 0 Å². The van der Waals surface area contributed by atoms with Crippen molar-refractivity contribution in [1.29, 1.82) is 0 Å². The van der Waals surface area contributed by atoms with Crippen molar-refractivity contribution in [2.45, 2.75) is 31.3 Å². The Morgan fingerprint density at radius 2 is 2.08 bits per heavy atom. The van der Waals surface area contributed by atoms with Gasteiger partial charge in [0.25, 0.3) is 0 Å². The highest BCUT2D eigenvalue weighted by atomic mass is 32.2. The van der Waals surface area contributed by atoms with Crippen LogP contribution in [0.5, 0.6) is 0 Å². The van der Waals surface area contributed by atoms with Crippen LogP contribution in [0.3, 0.4) is 0 Å². The van der Waals surface area contributed by atoms with E-state index in [0.717, 1.165) is 25.7 Å². The van der Waals surface area contributed by atoms with E-state index in [1.54, 1.807) is 0 Å². The van der Waals surface area contributed by atoms with E-state index in [1.807, 2.05) is 0 Å². The van der Waals surface area contributed by atoms with Crippen LogP contribution in [0.2, 0.25) is 0 Å². The molecule has 1 unspecified atom stereocenters. The average Bonchev–Trinajstić information content (AvgIpc) is 2.49. The zero-order chi connectivity index (χ0) is 9.73. The van der Waals surface area contributed by atoms with Crippen LogP contribution in [0.1, 0.15) is 25.7 Å². The first-order valence-corrected chi connectivity index (χ1v) is 5.67. The molecule has 13 heavy (non-hydrogen) atoms. The van der Waals surface area contributed by atoms with Gasteiger partial charge < -0.3 is 0 Å². The van der Waals surface area contributed by atoms with Gasteiger partial charge in [-0.05, 0) is 37.5 Å². The van der Waals surface area contributed by atoms with Crippen LogP contribution in [0.4, 0.5) is 0 Å². The number of rotatable bonds is 2. The molecule has 1 rings (SSSR count). The molecule has 0 aromatic heterocycles. The van der Waals surface area contributed by atoms with Crippen LogP contribution in [0.25, 0.3) is 0 Å². The normalized spacial score (nSPS) is 21.2. The molecular weight excluding hydrogens is 184 g/mol. The minimum atomic E-state index is -1.27. The third-order valence-electron chi connectivity index (χ3n) is 2.05. The molecule has 0 radical (unpaired) electrons. The van der Waals surface area contributed by atoms with Crippen LogP contribution >= 0.6 is 0 Å². The lowest BCUT2D eigenvalue weighted by Crippen LogP contribution is -2.27. The van der Waals surface area contributed by atoms with Crippen LogP contribution in [0, 0.1) is 24.2 Å². The topological polar surface area (TPSA) is 26.3 Å². The molecule has 1 aliphatic rings. The molecule has 0 aliphatic heterocycles. The summed E-state index contributed by atoms with van der Waals surface area (Å²) in [6.07, 6.45) is 10.4. The Morgan fingerprint density at radius 1 is 1.46 bits per heavy atom. The molecule has 0 heterocycles. The number of hydrogen-bond acceptors (Lipinski definition) is 2. The lowest BCUT2D eigenvalue weighted by atomic mass is 10.0. The van der Waals surface area contributed by atoms with Gasteiger partial charge >= 0.3 is 0 Å². The Bertz CT molecular complexity index is 297. The maximum atomic E-state index is 10.9. The molecule has 1 saturated carbocycles. The first-order chi connectivity index (χ1) is 6.18. The Balaban J connectivity index is 2.76. The Kier molecular flexibility index (Phi) is 3.54. The van der Waals surface area contributed by atoms with Crippen molar-refractivity contribution in [3.05, 3.63) is 0 Å². The number of hydrogen-bond donors (Lipinski definition) is 0. The molecule has 0 amide bonds. The third-order valence-corrected chi connectivity index (χ3v) is 2.60. The van der Waals surface area contributed by atoms with Gasteiger partial charge in [-0.25, -0.2) is 4.21 Å². The maximum absolute atomic E-state index is 10.9. The first kappa shape index (κ1) is 10.3. The van der Waals surface area contributed by atoms with E-state index in [1.165, 1.54) is 6.26 Å². The Labute approximate surface area is 81.7 Å². The summed E-state index contributed by atoms with van der Waals surface area (Å²) in [5, 5.41) is 0. The molecular formula is C10H12O2S. The Morgan fingerprint density at radius 3 is 2.54 bits per heavy atom. The van der Waals surface area contributed by atoms with Crippen molar-refractivity contribution >= 4 is 11.1 Å². The molecule has 0 aromatic rings. The van der Waals surface area contributed by atoms with Crippen molar-refractivity contribution in [3.8, 4) is 24.2 Å². The van der Waals surface area contributed by atoms with E-state index < -0.39 is 16.7 Å². The van der Waals surface area contributed by atoms with Crippen LogP contribution in [-0.2, 0) is 15.3 Å². The van der Waals surface area contributed by atoms with Crippen LogP contribution in [0.15, 0.2) is 0 Å². The molecule has 0 aromatic carbocycles. The van der Waals surface area contributed by atoms with Gasteiger partial charge in [0.15, 0.2) is 11.1 Å². The molecule has 1 atom stereocenters. The zero-order valence-electron chi connectivity index (χ0n) is 7.63. The van der Waals surface area contributed by atoms with Crippen molar-refractivity contribution < 1.29 is 8.39 Å². The molecule has 0 bridgehead atoms. The van der Waals surface area contributed by atoms with Crippen molar-refractivity contribution in [3.63, 3.8) is 0 Å². The fourth-order valence-corrected chi connectivity index (χ4v) is 2.21. The molecule has 2 nitrogen and oxygen atoms in total. The maximum Gasteiger partial charge on any atom is 0.153 e. The molecule has 1 aliphatic carbocycles. The second-order valence-electron chi connectivity index (χ2n) is 3.08. The summed E-state index contributed by atoms with van der Waals surface area (Å²) >= 11 is -1.27. The van der Waals surface area contributed by atoms with E-state index in [2.05, 4.69) is 17.8 Å². The summed E-state index contributed by atoms with van der Waals surface area (Å²) in [5.74, 6) is 7.68. The minimum Gasteiger partial charge on any atom is -0.271 e. The molecule has 0 spiro atoms. The number of terminal acetylenes is 1. The van der Waals surface area contributed by atoms with E-state index in [-0.39, 0.29) is 0 Å². The standard InChI is InChI=1S/C10H12O2S/c1-3-4-7-10(12-13(2)11)8-5-6-9-10/h1H,5-6,8-9H2,2H3. The van der Waals surface area contributed by atoms with E-state index in [0.29, 0.717) is 0 Å². The predicted molar refractivity (Wildman–Crippen MR) is 53.0 cm³/mol. The quantitative estimate of drug-likeness (QED) is 0.621. The highest BCUT2D eigenvalue weighted by Gasteiger charge is 2.34. The first-order valence-electron chi connectivity index (χ1n) is 4.19. The van der Waals surface area contributed by atoms with Gasteiger partial charge in [-0.3, -0.25) is 4.18 Å². The summed E-state index contributed by atoms with van der Waals surface area (Å²) in [4.78, 5) is 0. The molecule has 70 valence electrons. The monoisotopic (exact) mass is 196 g/mol. The van der Waals surface area contributed by atoms with Gasteiger partial charge in [-0.15, -0.1) is 6.42 Å². The van der Waals surface area contributed by atoms with Crippen molar-refractivity contribution in [2.24, 2.45) is 0 Å². The molecule has 0 saturated heterocycles. The van der Waals surface area contributed by atoms with Gasteiger partial charge in [0.2, 0.25) is 0 Å². The lowest BCUT2D eigenvalue weighted by Gasteiger charge is -2.20. The third kappa shape index (κ3) is 2.88. The summed E-state index contributed by atoms with van der Waals surface area (Å²) in [5.41, 5.74) is -0.536. The van der Waals surface area contributed by atoms with E-state index in [4.69, 9.17) is 10.6 Å². The fraction of sp³-hybridized carbons (Fsp3) is 0.600. The summed E-state index contributed by atoms with van der Waals surface area (Å²) in [7, 11) is 0. The van der Waals surface area contributed by atoms with Crippen LogP contribution in [-0.4, -0.2) is 16.1 Å². The summed E-state index contributed by atoms with van der Waals surface area (Å²) in [6.45, 7) is 0. The van der Waals surface area contributed by atoms with Gasteiger partial charge in [-0.2, -0.15) is 0 Å². The summed E-state index contributed by atoms with van der Waals surface area (Å²) < 4.78 is 16.2. The van der Waals surface area contributed by atoms with E-state index >= 15 is 0 Å². The predicted octanol–water partition coefficient (Wildman–Crippen LogP) is 1.25. The van der Waals surface area contributed by atoms with Gasteiger partial charge in [0.05, 0.1) is 0 Å². The highest BCUT2D eigenvalue weighted by molar-refractivity contribution is 7.79. The van der Waals surface area contributed by atoms with Gasteiger partial charge in [-0.1, -0.05) is 5.92 Å². The minimum absolute atomic E-state index is 0.536. The van der Waals surface area contributed by atoms with Crippen molar-refractivity contribution in [1.82, 2.24) is 0 Å². The van der Waals surface area contributed by atoms with E-state index in [9.17, 15) is 4.21 Å². The van der Waals surface area contributed by atoms with Gasteiger partial charge in [0.1, 0.15) is 5.60 Å².